The Morgan fingerprint density at radius 3 is 2.05 bits per heavy atom. The summed E-state index contributed by atoms with van der Waals surface area (Å²) in [6, 6.07) is 0. The molecule has 4 N–H and O–H groups in total. The minimum Gasteiger partial charge on any atom is -0.502 e. The van der Waals surface area contributed by atoms with Gasteiger partial charge in [-0.05, 0) is 13.3 Å². The fourth-order valence-electron chi connectivity index (χ4n) is 1.23. The van der Waals surface area contributed by atoms with Crippen molar-refractivity contribution in [3.8, 4) is 0 Å². The molecule has 0 radical (unpaired) electrons. The Kier molecular flexibility index (Phi) is 6.56. The van der Waals surface area contributed by atoms with Gasteiger partial charge in [0.2, 0.25) is 5.76 Å². The summed E-state index contributed by atoms with van der Waals surface area (Å²) in [7, 11) is 0. The van der Waals surface area contributed by atoms with Crippen LogP contribution >= 0.6 is 0 Å². The fraction of sp³-hybridized carbons (Fsp3) is 0.545. The molecule has 0 aromatic rings. The lowest BCUT2D eigenvalue weighted by atomic mass is 10.1. The summed E-state index contributed by atoms with van der Waals surface area (Å²) in [5.41, 5.74) is 0.646. The third-order valence-corrected chi connectivity index (χ3v) is 2.32. The van der Waals surface area contributed by atoms with E-state index in [1.165, 1.54) is 0 Å². The van der Waals surface area contributed by atoms with Crippen molar-refractivity contribution in [2.24, 2.45) is 0 Å². The van der Waals surface area contributed by atoms with E-state index in [2.05, 4.69) is 0 Å². The smallest absolute Gasteiger partial charge is 0.374 e. The topological polar surface area (TPSA) is 141 Å². The molecule has 8 nitrogen and oxygen atoms in total. The largest absolute Gasteiger partial charge is 0.502 e. The number of ether oxygens (including phenoxy) is 1. The highest BCUT2D eigenvalue weighted by Gasteiger charge is 2.29. The van der Waals surface area contributed by atoms with Crippen LogP contribution in [0.4, 0.5) is 0 Å². The summed E-state index contributed by atoms with van der Waals surface area (Å²) in [6.45, 7) is 3.61. The molecular weight excluding hydrogens is 260 g/mol. The van der Waals surface area contributed by atoms with E-state index in [-0.39, 0.29) is 11.9 Å². The fourth-order valence-corrected chi connectivity index (χ4v) is 1.23. The van der Waals surface area contributed by atoms with Gasteiger partial charge >= 0.3 is 17.9 Å². The molecule has 0 aromatic heterocycles. The first-order valence-electron chi connectivity index (χ1n) is 5.44. The average molecular weight is 276 g/mol. The number of esters is 1. The molecule has 2 atom stereocenters. The molecule has 108 valence electrons. The number of carbonyl (C=O) groups is 3. The van der Waals surface area contributed by atoms with E-state index < -0.39 is 30.4 Å². The lowest BCUT2D eigenvalue weighted by molar-refractivity contribution is -0.152. The van der Waals surface area contributed by atoms with Gasteiger partial charge in [0.05, 0.1) is 6.42 Å². The Morgan fingerprint density at radius 2 is 1.89 bits per heavy atom. The van der Waals surface area contributed by atoms with Crippen molar-refractivity contribution in [2.75, 3.05) is 0 Å². The molecule has 0 bridgehead atoms. The van der Waals surface area contributed by atoms with E-state index in [1.807, 2.05) is 6.92 Å². The van der Waals surface area contributed by atoms with Crippen LogP contribution in [0.15, 0.2) is 11.3 Å². The van der Waals surface area contributed by atoms with Crippen LogP contribution in [-0.2, 0) is 19.1 Å². The maximum Gasteiger partial charge on any atom is 0.374 e. The normalized spacial score (nSPS) is 19.3. The predicted molar refractivity (Wildman–Crippen MR) is 61.4 cm³/mol. The molecule has 2 unspecified atom stereocenters. The minimum absolute atomic E-state index is 0.201. The Bertz CT molecular complexity index is 397. The highest BCUT2D eigenvalue weighted by molar-refractivity contribution is 5.89. The molecule has 1 rings (SSSR count). The van der Waals surface area contributed by atoms with E-state index in [9.17, 15) is 14.4 Å². The molecule has 0 aliphatic carbocycles. The number of aliphatic hydroxyl groups is 2. The van der Waals surface area contributed by atoms with E-state index in [4.69, 9.17) is 25.2 Å². The lowest BCUT2D eigenvalue weighted by Gasteiger charge is -2.05. The molecule has 0 spiro atoms. The van der Waals surface area contributed by atoms with Gasteiger partial charge < -0.3 is 25.2 Å². The van der Waals surface area contributed by atoms with Gasteiger partial charge in [-0.1, -0.05) is 6.92 Å². The van der Waals surface area contributed by atoms with Gasteiger partial charge in [0.25, 0.3) is 0 Å². The van der Waals surface area contributed by atoms with Gasteiger partial charge in [0.1, 0.15) is 6.10 Å². The van der Waals surface area contributed by atoms with Crippen LogP contribution in [0.25, 0.3) is 0 Å². The molecule has 0 saturated heterocycles. The van der Waals surface area contributed by atoms with E-state index in [0.717, 1.165) is 6.42 Å². The highest BCUT2D eigenvalue weighted by atomic mass is 16.6. The zero-order valence-corrected chi connectivity index (χ0v) is 10.5. The number of carboxylic acid groups (broad SMARTS) is 2. The van der Waals surface area contributed by atoms with Crippen LogP contribution in [0.2, 0.25) is 0 Å². The van der Waals surface area contributed by atoms with Crippen molar-refractivity contribution in [1.82, 2.24) is 0 Å². The third-order valence-electron chi connectivity index (χ3n) is 2.32. The molecule has 1 heterocycles. The van der Waals surface area contributed by atoms with Crippen LogP contribution in [0, 0.1) is 0 Å². The zero-order valence-electron chi connectivity index (χ0n) is 10.5. The van der Waals surface area contributed by atoms with Crippen LogP contribution in [0.5, 0.6) is 0 Å². The number of carbonyl (C=O) groups excluding carboxylic acids is 1. The summed E-state index contributed by atoms with van der Waals surface area (Å²) in [5, 5.41) is 33.1. The number of hydrogen-bond acceptors (Lipinski definition) is 6. The zero-order chi connectivity index (χ0) is 15.2. The third kappa shape index (κ3) is 5.38. The van der Waals surface area contributed by atoms with E-state index in [0.29, 0.717) is 5.57 Å². The number of cyclic esters (lactones) is 1. The maximum atomic E-state index is 10.6. The van der Waals surface area contributed by atoms with Crippen molar-refractivity contribution >= 4 is 17.9 Å². The predicted octanol–water partition coefficient (Wildman–Crippen LogP) is 0.0604. The van der Waals surface area contributed by atoms with Crippen LogP contribution in [0.3, 0.4) is 0 Å². The quantitative estimate of drug-likeness (QED) is 0.528. The van der Waals surface area contributed by atoms with Gasteiger partial charge in [0.15, 0.2) is 6.10 Å². The number of carboxylic acids is 2. The van der Waals surface area contributed by atoms with Crippen molar-refractivity contribution in [3.63, 3.8) is 0 Å². The van der Waals surface area contributed by atoms with Crippen LogP contribution in [0.1, 0.15) is 26.7 Å². The van der Waals surface area contributed by atoms with Crippen LogP contribution < -0.4 is 0 Å². The first kappa shape index (κ1) is 16.9. The Balaban J connectivity index is 0.000000344. The molecule has 0 aromatic carbocycles. The van der Waals surface area contributed by atoms with Crippen LogP contribution in [-0.4, -0.2) is 50.5 Å². The van der Waals surface area contributed by atoms with Crippen molar-refractivity contribution < 1.29 is 39.5 Å². The van der Waals surface area contributed by atoms with Gasteiger partial charge in [-0.25, -0.2) is 9.59 Å². The Morgan fingerprint density at radius 1 is 1.37 bits per heavy atom. The monoisotopic (exact) mass is 276 g/mol. The molecule has 8 heteroatoms. The molecule has 1 aliphatic rings. The highest BCUT2D eigenvalue weighted by Crippen LogP contribution is 2.21. The molecule has 0 amide bonds. The Labute approximate surface area is 108 Å². The van der Waals surface area contributed by atoms with E-state index in [1.54, 1.807) is 6.92 Å². The SMILES string of the molecule is CCC1OC(=O)C(O)=C1C.O=C(O)CC(O)C(=O)O. The number of aliphatic carboxylic acids is 2. The van der Waals surface area contributed by atoms with Gasteiger partial charge in [-0.2, -0.15) is 0 Å². The van der Waals surface area contributed by atoms with Crippen molar-refractivity contribution in [1.29, 1.82) is 0 Å². The van der Waals surface area contributed by atoms with E-state index >= 15 is 0 Å². The molecular formula is C11H16O8. The standard InChI is InChI=1S/C7H10O3.C4H6O5/c1-3-5-4(2)6(8)7(9)10-5;5-2(4(8)9)1-3(6)7/h5,8H,3H2,1-2H3;2,5H,1H2,(H,6,7)(H,8,9). The second kappa shape index (κ2) is 7.37. The number of aliphatic hydroxyl groups excluding tert-OH is 2. The lowest BCUT2D eigenvalue weighted by Crippen LogP contribution is -2.22. The molecule has 0 saturated carbocycles. The first-order valence-corrected chi connectivity index (χ1v) is 5.44. The second-order valence-electron chi connectivity index (χ2n) is 3.79. The Hall–Kier alpha value is -2.09. The van der Waals surface area contributed by atoms with Crippen molar-refractivity contribution in [3.05, 3.63) is 11.3 Å². The maximum absolute atomic E-state index is 10.6. The summed E-state index contributed by atoms with van der Waals surface area (Å²) in [5.74, 6) is -3.65. The van der Waals surface area contributed by atoms with Gasteiger partial charge in [-0.15, -0.1) is 0 Å². The molecule has 1 aliphatic heterocycles. The summed E-state index contributed by atoms with van der Waals surface area (Å²) >= 11 is 0. The van der Waals surface area contributed by atoms with Gasteiger partial charge in [0, 0.05) is 5.57 Å². The summed E-state index contributed by atoms with van der Waals surface area (Å²) in [4.78, 5) is 30.0. The number of hydrogen-bond donors (Lipinski definition) is 4. The molecule has 0 fully saturated rings. The molecule has 19 heavy (non-hydrogen) atoms. The van der Waals surface area contributed by atoms with Gasteiger partial charge in [-0.3, -0.25) is 4.79 Å². The average Bonchev–Trinajstić information content (AvgIpc) is 2.56. The summed E-state index contributed by atoms with van der Waals surface area (Å²) < 4.78 is 4.77. The number of rotatable bonds is 4. The minimum atomic E-state index is -1.79. The summed E-state index contributed by atoms with van der Waals surface area (Å²) in [6.07, 6.45) is -2.02. The first-order chi connectivity index (χ1) is 8.70. The van der Waals surface area contributed by atoms with Crippen molar-refractivity contribution in [2.45, 2.75) is 38.9 Å². The second-order valence-corrected chi connectivity index (χ2v) is 3.79.